The van der Waals surface area contributed by atoms with Crippen LogP contribution in [0.25, 0.3) is 0 Å². The van der Waals surface area contributed by atoms with Gasteiger partial charge in [-0.25, -0.2) is 4.79 Å². The third kappa shape index (κ3) is 2.77. The van der Waals surface area contributed by atoms with E-state index in [1.807, 2.05) is 6.92 Å². The van der Waals surface area contributed by atoms with Crippen LogP contribution >= 0.6 is 15.9 Å². The molecule has 0 aromatic carbocycles. The van der Waals surface area contributed by atoms with E-state index in [4.69, 9.17) is 0 Å². The average Bonchev–Trinajstić information content (AvgIpc) is 3.12. The Kier molecular flexibility index (Phi) is 4.21. The van der Waals surface area contributed by atoms with Crippen LogP contribution < -0.4 is 4.90 Å². The lowest BCUT2D eigenvalue weighted by atomic mass is 9.86. The van der Waals surface area contributed by atoms with E-state index >= 15 is 0 Å². The second-order valence-electron chi connectivity index (χ2n) is 6.83. The largest absolute Gasteiger partial charge is 0.475 e. The van der Waals surface area contributed by atoms with Gasteiger partial charge in [0.2, 0.25) is 0 Å². The molecule has 1 aromatic heterocycles. The molecule has 124 valence electrons. The summed E-state index contributed by atoms with van der Waals surface area (Å²) in [6.07, 6.45) is 6.11. The molecule has 2 aliphatic rings. The molecular formula is C17H21BrN2O3. The van der Waals surface area contributed by atoms with Crippen LogP contribution in [-0.4, -0.2) is 34.9 Å². The zero-order chi connectivity index (χ0) is 16.8. The Morgan fingerprint density at radius 2 is 1.83 bits per heavy atom. The zero-order valence-electron chi connectivity index (χ0n) is 13.5. The molecule has 1 aliphatic heterocycles. The Balaban J connectivity index is 2.07. The van der Waals surface area contributed by atoms with E-state index in [9.17, 15) is 14.7 Å². The van der Waals surface area contributed by atoms with Crippen molar-refractivity contribution in [1.29, 1.82) is 0 Å². The van der Waals surface area contributed by atoms with Crippen molar-refractivity contribution in [3.63, 3.8) is 0 Å². The van der Waals surface area contributed by atoms with Gasteiger partial charge in [0.1, 0.15) is 0 Å². The first-order chi connectivity index (χ1) is 10.8. The molecule has 1 saturated carbocycles. The molecule has 23 heavy (non-hydrogen) atoms. The van der Waals surface area contributed by atoms with Crippen molar-refractivity contribution < 1.29 is 14.7 Å². The Morgan fingerprint density at radius 1 is 1.17 bits per heavy atom. The number of aryl methyl sites for hydroxylation is 2. The molecular weight excluding hydrogens is 360 g/mol. The van der Waals surface area contributed by atoms with E-state index in [0.717, 1.165) is 29.7 Å². The first kappa shape index (κ1) is 16.4. The molecule has 0 radical (unpaired) electrons. The number of carbonyl (C=O) groups is 2. The van der Waals surface area contributed by atoms with Crippen molar-refractivity contribution in [2.75, 3.05) is 18.0 Å². The number of aliphatic carboxylic acids is 1. The number of nitrogens with zero attached hydrogens (tertiary/aromatic N) is 2. The number of rotatable bonds is 3. The highest BCUT2D eigenvalue weighted by molar-refractivity contribution is 9.10. The number of hydrogen-bond acceptors (Lipinski definition) is 4. The van der Waals surface area contributed by atoms with Crippen LogP contribution in [0.1, 0.15) is 53.8 Å². The van der Waals surface area contributed by atoms with Gasteiger partial charge in [-0.05, 0) is 54.5 Å². The number of aromatic nitrogens is 1. The Hall–Kier alpha value is -1.43. The van der Waals surface area contributed by atoms with Gasteiger partial charge in [0.05, 0.1) is 27.1 Å². The van der Waals surface area contributed by atoms with Crippen molar-refractivity contribution in [3.05, 3.63) is 21.4 Å². The van der Waals surface area contributed by atoms with Crippen molar-refractivity contribution in [1.82, 2.24) is 4.98 Å². The Bertz CT molecular complexity index is 681. The second-order valence-corrected chi connectivity index (χ2v) is 7.63. The molecule has 1 N–H and O–H groups in total. The van der Waals surface area contributed by atoms with Gasteiger partial charge in [-0.1, -0.05) is 12.8 Å². The van der Waals surface area contributed by atoms with Crippen LogP contribution in [0.5, 0.6) is 0 Å². The summed E-state index contributed by atoms with van der Waals surface area (Å²) in [5.41, 5.74) is 2.55. The number of anilines is 1. The molecule has 6 heteroatoms. The quantitative estimate of drug-likeness (QED) is 0.641. The van der Waals surface area contributed by atoms with Gasteiger partial charge >= 0.3 is 5.97 Å². The molecule has 1 saturated heterocycles. The maximum atomic E-state index is 12.2. The molecule has 1 aliphatic carbocycles. The Labute approximate surface area is 144 Å². The number of carbonyl (C=O) groups excluding carboxylic acids is 1. The van der Waals surface area contributed by atoms with Crippen molar-refractivity contribution >= 4 is 33.4 Å². The summed E-state index contributed by atoms with van der Waals surface area (Å²) >= 11 is 3.54. The number of ketones is 1. The summed E-state index contributed by atoms with van der Waals surface area (Å²) in [7, 11) is 0. The smallest absolute Gasteiger partial charge is 0.377 e. The summed E-state index contributed by atoms with van der Waals surface area (Å²) in [5, 5.41) is 9.18. The highest BCUT2D eigenvalue weighted by Gasteiger charge is 2.42. The Morgan fingerprint density at radius 3 is 2.43 bits per heavy atom. The molecule has 1 aromatic rings. The van der Waals surface area contributed by atoms with Gasteiger partial charge in [-0.2, -0.15) is 0 Å². The number of Topliss-reactive ketones (excluding diaryl/α,β-unsaturated/α-hetero) is 1. The molecule has 1 spiro atoms. The van der Waals surface area contributed by atoms with Gasteiger partial charge in [-0.3, -0.25) is 9.78 Å². The topological polar surface area (TPSA) is 70.5 Å². The first-order valence-corrected chi connectivity index (χ1v) is 8.83. The SMILES string of the molecule is Cc1nc(C)c(C(=O)C(=O)O)c(N2CCC3(CCCC3)C2)c1Br. The molecule has 0 amide bonds. The fourth-order valence-corrected chi connectivity index (χ4v) is 4.68. The minimum atomic E-state index is -1.43. The van der Waals surface area contributed by atoms with E-state index in [-0.39, 0.29) is 5.56 Å². The van der Waals surface area contributed by atoms with Gasteiger partial charge in [-0.15, -0.1) is 0 Å². The minimum Gasteiger partial charge on any atom is -0.475 e. The fourth-order valence-electron chi connectivity index (χ4n) is 4.14. The van der Waals surface area contributed by atoms with Crippen LogP contribution in [0.4, 0.5) is 5.69 Å². The molecule has 0 unspecified atom stereocenters. The minimum absolute atomic E-state index is 0.227. The summed E-state index contributed by atoms with van der Waals surface area (Å²) < 4.78 is 0.739. The second kappa shape index (κ2) is 5.89. The van der Waals surface area contributed by atoms with Gasteiger partial charge in [0, 0.05) is 13.1 Å². The van der Waals surface area contributed by atoms with Crippen LogP contribution in [0.15, 0.2) is 4.47 Å². The van der Waals surface area contributed by atoms with E-state index in [1.165, 1.54) is 25.7 Å². The van der Waals surface area contributed by atoms with Gasteiger partial charge in [0.25, 0.3) is 5.78 Å². The van der Waals surface area contributed by atoms with E-state index in [1.54, 1.807) is 6.92 Å². The fraction of sp³-hybridized carbons (Fsp3) is 0.588. The summed E-state index contributed by atoms with van der Waals surface area (Å²) in [6, 6.07) is 0. The predicted octanol–water partition coefficient (Wildman–Crippen LogP) is 3.50. The number of halogens is 1. The van der Waals surface area contributed by atoms with Crippen LogP contribution in [0, 0.1) is 19.3 Å². The zero-order valence-corrected chi connectivity index (χ0v) is 15.1. The molecule has 0 atom stereocenters. The number of pyridine rings is 1. The number of hydrogen-bond donors (Lipinski definition) is 1. The van der Waals surface area contributed by atoms with Crippen molar-refractivity contribution in [2.24, 2.45) is 5.41 Å². The van der Waals surface area contributed by atoms with Gasteiger partial charge < -0.3 is 10.0 Å². The number of carboxylic acid groups (broad SMARTS) is 1. The van der Waals surface area contributed by atoms with Gasteiger partial charge in [0.15, 0.2) is 0 Å². The van der Waals surface area contributed by atoms with Crippen molar-refractivity contribution in [2.45, 2.75) is 46.0 Å². The van der Waals surface area contributed by atoms with Crippen LogP contribution in [-0.2, 0) is 4.79 Å². The standard InChI is InChI=1S/C17H21BrN2O3/c1-10-12(15(21)16(22)23)14(13(18)11(2)19-10)20-8-7-17(9-20)5-3-4-6-17/h3-9H2,1-2H3,(H,22,23). The summed E-state index contributed by atoms with van der Waals surface area (Å²) in [6.45, 7) is 5.34. The average molecular weight is 381 g/mol. The monoisotopic (exact) mass is 380 g/mol. The highest BCUT2D eigenvalue weighted by Crippen LogP contribution is 2.48. The van der Waals surface area contributed by atoms with E-state index in [0.29, 0.717) is 16.8 Å². The third-order valence-electron chi connectivity index (χ3n) is 5.30. The normalized spacial score (nSPS) is 19.5. The number of carboxylic acids is 1. The lowest BCUT2D eigenvalue weighted by Crippen LogP contribution is -2.28. The van der Waals surface area contributed by atoms with Crippen LogP contribution in [0.3, 0.4) is 0 Å². The first-order valence-electron chi connectivity index (χ1n) is 8.04. The molecule has 3 rings (SSSR count). The highest BCUT2D eigenvalue weighted by atomic mass is 79.9. The maximum Gasteiger partial charge on any atom is 0.377 e. The van der Waals surface area contributed by atoms with Crippen molar-refractivity contribution in [3.8, 4) is 0 Å². The van der Waals surface area contributed by atoms with E-state index in [2.05, 4.69) is 25.8 Å². The van der Waals surface area contributed by atoms with E-state index < -0.39 is 11.8 Å². The summed E-state index contributed by atoms with van der Waals surface area (Å²) in [5.74, 6) is -2.31. The molecule has 0 bridgehead atoms. The lowest BCUT2D eigenvalue weighted by Gasteiger charge is -2.27. The molecule has 5 nitrogen and oxygen atoms in total. The summed E-state index contributed by atoms with van der Waals surface area (Å²) in [4.78, 5) is 30.0. The molecule has 2 heterocycles. The maximum absolute atomic E-state index is 12.2. The predicted molar refractivity (Wildman–Crippen MR) is 91.1 cm³/mol. The third-order valence-corrected chi connectivity index (χ3v) is 6.25. The lowest BCUT2D eigenvalue weighted by molar-refractivity contribution is -0.131. The van der Waals surface area contributed by atoms with Crippen LogP contribution in [0.2, 0.25) is 0 Å². The molecule has 2 fully saturated rings.